The van der Waals surface area contributed by atoms with E-state index < -0.39 is 0 Å². The minimum atomic E-state index is -0.116. The lowest BCUT2D eigenvalue weighted by molar-refractivity contribution is 0.615. The zero-order valence-electron chi connectivity index (χ0n) is 9.09. The molecule has 3 N–H and O–H groups in total. The number of aryl methyl sites for hydroxylation is 1. The van der Waals surface area contributed by atoms with E-state index in [0.29, 0.717) is 0 Å². The second kappa shape index (κ2) is 4.83. The predicted octanol–water partition coefficient (Wildman–Crippen LogP) is 1.34. The first-order chi connectivity index (χ1) is 7.83. The largest absolute Gasteiger partial charge is 0.271 e. The Balaban J connectivity index is 2.41. The summed E-state index contributed by atoms with van der Waals surface area (Å²) in [6.07, 6.45) is 5.30. The molecule has 0 bridgehead atoms. The number of nitrogens with two attached hydrogens (primary N) is 1. The van der Waals surface area contributed by atoms with Crippen LogP contribution < -0.4 is 11.3 Å². The lowest BCUT2D eigenvalue weighted by atomic mass is 10.0. The van der Waals surface area contributed by atoms with Gasteiger partial charge >= 0.3 is 0 Å². The van der Waals surface area contributed by atoms with Gasteiger partial charge < -0.3 is 0 Å². The smallest absolute Gasteiger partial charge is 0.0898 e. The summed E-state index contributed by atoms with van der Waals surface area (Å²) in [7, 11) is 0. The number of nitrogens with zero attached hydrogens (tertiary/aromatic N) is 2. The molecule has 2 aromatic rings. The van der Waals surface area contributed by atoms with Crippen LogP contribution in [0.1, 0.15) is 22.9 Å². The molecule has 0 aliphatic rings. The van der Waals surface area contributed by atoms with Crippen LogP contribution in [0, 0.1) is 6.92 Å². The average Bonchev–Trinajstić information content (AvgIpc) is 2.34. The van der Waals surface area contributed by atoms with Gasteiger partial charge in [-0.15, -0.1) is 0 Å². The molecule has 0 aliphatic carbocycles. The highest BCUT2D eigenvalue weighted by Crippen LogP contribution is 2.20. The van der Waals surface area contributed by atoms with Crippen LogP contribution in [0.3, 0.4) is 0 Å². The Morgan fingerprint density at radius 1 is 1.25 bits per heavy atom. The van der Waals surface area contributed by atoms with Crippen LogP contribution in [-0.4, -0.2) is 9.97 Å². The fourth-order valence-electron chi connectivity index (χ4n) is 1.68. The second-order valence-electron chi connectivity index (χ2n) is 3.59. The van der Waals surface area contributed by atoms with Crippen LogP contribution in [-0.2, 0) is 0 Å². The minimum Gasteiger partial charge on any atom is -0.271 e. The summed E-state index contributed by atoms with van der Waals surface area (Å²) < 4.78 is 0. The van der Waals surface area contributed by atoms with E-state index in [1.54, 1.807) is 18.6 Å². The van der Waals surface area contributed by atoms with Crippen LogP contribution >= 0.6 is 0 Å². The third kappa shape index (κ3) is 2.08. The van der Waals surface area contributed by atoms with E-state index in [4.69, 9.17) is 5.84 Å². The Hall–Kier alpha value is -1.78. The Morgan fingerprint density at radius 3 is 2.69 bits per heavy atom. The topological polar surface area (TPSA) is 63.8 Å². The van der Waals surface area contributed by atoms with Crippen molar-refractivity contribution >= 4 is 0 Å². The van der Waals surface area contributed by atoms with Gasteiger partial charge in [-0.3, -0.25) is 15.8 Å². The number of hydrazine groups is 1. The molecule has 1 unspecified atom stereocenters. The molecule has 2 aromatic heterocycles. The summed E-state index contributed by atoms with van der Waals surface area (Å²) in [6.45, 7) is 2.02. The maximum atomic E-state index is 5.59. The standard InChI is InChI=1S/C12H14N4/c1-9-4-2-7-15-11(9)12(16-13)10-5-3-6-14-8-10/h2-8,12,16H,13H2,1H3. The van der Waals surface area contributed by atoms with Gasteiger partial charge in [-0.25, -0.2) is 5.43 Å². The predicted molar refractivity (Wildman–Crippen MR) is 62.4 cm³/mol. The van der Waals surface area contributed by atoms with Crippen LogP contribution in [0.15, 0.2) is 42.9 Å². The van der Waals surface area contributed by atoms with Gasteiger partial charge in [0.05, 0.1) is 11.7 Å². The fourth-order valence-corrected chi connectivity index (χ4v) is 1.68. The van der Waals surface area contributed by atoms with E-state index in [2.05, 4.69) is 15.4 Å². The van der Waals surface area contributed by atoms with Gasteiger partial charge in [0.1, 0.15) is 0 Å². The van der Waals surface area contributed by atoms with Crippen LogP contribution in [0.5, 0.6) is 0 Å². The highest BCUT2D eigenvalue weighted by molar-refractivity contribution is 5.30. The summed E-state index contributed by atoms with van der Waals surface area (Å²) in [5, 5.41) is 0. The Morgan fingerprint density at radius 2 is 2.06 bits per heavy atom. The first-order valence-corrected chi connectivity index (χ1v) is 5.10. The number of hydrogen-bond donors (Lipinski definition) is 2. The second-order valence-corrected chi connectivity index (χ2v) is 3.59. The van der Waals surface area contributed by atoms with Crippen molar-refractivity contribution in [1.29, 1.82) is 0 Å². The summed E-state index contributed by atoms with van der Waals surface area (Å²) in [5.41, 5.74) is 5.81. The normalized spacial score (nSPS) is 12.4. The van der Waals surface area contributed by atoms with Crippen LogP contribution in [0.2, 0.25) is 0 Å². The first-order valence-electron chi connectivity index (χ1n) is 5.10. The highest BCUT2D eigenvalue weighted by atomic mass is 15.2. The first kappa shape index (κ1) is 10.7. The Labute approximate surface area is 94.5 Å². The SMILES string of the molecule is Cc1cccnc1C(NN)c1cccnc1. The number of pyridine rings is 2. The lowest BCUT2D eigenvalue weighted by Gasteiger charge is -2.17. The number of nitrogens with one attached hydrogen (secondary N) is 1. The van der Waals surface area contributed by atoms with Gasteiger partial charge in [-0.2, -0.15) is 0 Å². The summed E-state index contributed by atoms with van der Waals surface area (Å²) >= 11 is 0. The molecule has 2 heterocycles. The molecule has 16 heavy (non-hydrogen) atoms. The summed E-state index contributed by atoms with van der Waals surface area (Å²) in [5.74, 6) is 5.59. The minimum absolute atomic E-state index is 0.116. The van der Waals surface area contributed by atoms with Crippen LogP contribution in [0.4, 0.5) is 0 Å². The lowest BCUT2D eigenvalue weighted by Crippen LogP contribution is -2.30. The highest BCUT2D eigenvalue weighted by Gasteiger charge is 2.15. The van der Waals surface area contributed by atoms with Gasteiger partial charge in [-0.05, 0) is 30.2 Å². The maximum absolute atomic E-state index is 5.59. The van der Waals surface area contributed by atoms with E-state index >= 15 is 0 Å². The number of hydrogen-bond acceptors (Lipinski definition) is 4. The summed E-state index contributed by atoms with van der Waals surface area (Å²) in [4.78, 5) is 8.44. The van der Waals surface area contributed by atoms with Gasteiger partial charge in [0, 0.05) is 18.6 Å². The number of aromatic nitrogens is 2. The fraction of sp³-hybridized carbons (Fsp3) is 0.167. The van der Waals surface area contributed by atoms with E-state index in [9.17, 15) is 0 Å². The molecule has 0 saturated heterocycles. The van der Waals surface area contributed by atoms with Crippen molar-refractivity contribution in [2.75, 3.05) is 0 Å². The molecule has 4 nitrogen and oxygen atoms in total. The number of rotatable bonds is 3. The van der Waals surface area contributed by atoms with Gasteiger partial charge in [0.15, 0.2) is 0 Å². The molecule has 0 spiro atoms. The van der Waals surface area contributed by atoms with Gasteiger partial charge in [-0.1, -0.05) is 12.1 Å². The molecule has 0 aromatic carbocycles. The third-order valence-corrected chi connectivity index (χ3v) is 2.51. The Kier molecular flexibility index (Phi) is 3.24. The molecule has 0 fully saturated rings. The van der Waals surface area contributed by atoms with Crippen molar-refractivity contribution in [2.24, 2.45) is 5.84 Å². The molecular weight excluding hydrogens is 200 g/mol. The van der Waals surface area contributed by atoms with E-state index in [1.807, 2.05) is 31.2 Å². The van der Waals surface area contributed by atoms with Crippen molar-refractivity contribution < 1.29 is 0 Å². The molecule has 2 rings (SSSR count). The molecule has 0 aliphatic heterocycles. The van der Waals surface area contributed by atoms with E-state index in [1.165, 1.54) is 0 Å². The van der Waals surface area contributed by atoms with E-state index in [0.717, 1.165) is 16.8 Å². The van der Waals surface area contributed by atoms with Crippen molar-refractivity contribution in [3.05, 3.63) is 59.7 Å². The molecule has 1 atom stereocenters. The average molecular weight is 214 g/mol. The molecule has 82 valence electrons. The Bertz CT molecular complexity index is 456. The van der Waals surface area contributed by atoms with Crippen molar-refractivity contribution in [3.8, 4) is 0 Å². The van der Waals surface area contributed by atoms with Crippen molar-refractivity contribution in [2.45, 2.75) is 13.0 Å². The van der Waals surface area contributed by atoms with Crippen molar-refractivity contribution in [3.63, 3.8) is 0 Å². The zero-order valence-corrected chi connectivity index (χ0v) is 9.09. The monoisotopic (exact) mass is 214 g/mol. The third-order valence-electron chi connectivity index (χ3n) is 2.51. The molecule has 4 heteroatoms. The van der Waals surface area contributed by atoms with Gasteiger partial charge in [0.2, 0.25) is 0 Å². The summed E-state index contributed by atoms with van der Waals surface area (Å²) in [6, 6.07) is 7.68. The molecule has 0 radical (unpaired) electrons. The van der Waals surface area contributed by atoms with Crippen LogP contribution in [0.25, 0.3) is 0 Å². The quantitative estimate of drug-likeness (QED) is 0.597. The molecule has 0 amide bonds. The molecular formula is C12H14N4. The zero-order chi connectivity index (χ0) is 11.4. The maximum Gasteiger partial charge on any atom is 0.0898 e. The van der Waals surface area contributed by atoms with Gasteiger partial charge in [0.25, 0.3) is 0 Å². The molecule has 0 saturated carbocycles. The van der Waals surface area contributed by atoms with Crippen molar-refractivity contribution in [1.82, 2.24) is 15.4 Å². The van der Waals surface area contributed by atoms with E-state index in [-0.39, 0.29) is 6.04 Å².